The quantitative estimate of drug-likeness (QED) is 0.566. The lowest BCUT2D eigenvalue weighted by molar-refractivity contribution is 0.198. The summed E-state index contributed by atoms with van der Waals surface area (Å²) < 4.78 is 10.6. The van der Waals surface area contributed by atoms with Gasteiger partial charge in [0, 0.05) is 32.0 Å². The van der Waals surface area contributed by atoms with Crippen LogP contribution in [0.25, 0.3) is 0 Å². The third kappa shape index (κ3) is 4.95. The first-order valence-electron chi connectivity index (χ1n) is 5.92. The highest BCUT2D eigenvalue weighted by Crippen LogP contribution is 2.26. The highest BCUT2D eigenvalue weighted by atomic mass is 16.5. The van der Waals surface area contributed by atoms with Crippen LogP contribution in [-0.4, -0.2) is 26.4 Å². The Hall–Kier alpha value is -1.42. The maximum absolute atomic E-state index is 5.84. The van der Waals surface area contributed by atoms with Crippen molar-refractivity contribution < 1.29 is 9.47 Å². The summed E-state index contributed by atoms with van der Waals surface area (Å²) in [5.41, 5.74) is 7.53. The molecule has 0 bridgehead atoms. The third-order valence-corrected chi connectivity index (χ3v) is 2.23. The fraction of sp³-hybridized carbons (Fsp3) is 0.538. The van der Waals surface area contributed by atoms with Gasteiger partial charge < -0.3 is 20.5 Å². The number of ether oxygens (including phenoxy) is 2. The molecule has 0 saturated carbocycles. The van der Waals surface area contributed by atoms with Crippen molar-refractivity contribution in [3.63, 3.8) is 0 Å². The van der Waals surface area contributed by atoms with Gasteiger partial charge >= 0.3 is 0 Å². The lowest BCUT2D eigenvalue weighted by Gasteiger charge is -2.14. The molecule has 0 aliphatic rings. The molecule has 0 heterocycles. The predicted molar refractivity (Wildman–Crippen MR) is 71.6 cm³/mol. The Kier molecular flexibility index (Phi) is 5.63. The van der Waals surface area contributed by atoms with Crippen LogP contribution in [0.5, 0.6) is 5.75 Å². The molecule has 0 saturated heterocycles. The van der Waals surface area contributed by atoms with Crippen LogP contribution >= 0.6 is 0 Å². The van der Waals surface area contributed by atoms with E-state index in [1.807, 2.05) is 32.0 Å². The molecule has 0 atom stereocenters. The number of hydrogen-bond donors (Lipinski definition) is 2. The van der Waals surface area contributed by atoms with Gasteiger partial charge in [-0.15, -0.1) is 0 Å². The molecule has 0 amide bonds. The van der Waals surface area contributed by atoms with Crippen molar-refractivity contribution in [2.24, 2.45) is 0 Å². The Morgan fingerprint density at radius 2 is 2.12 bits per heavy atom. The standard InChI is InChI=1S/C13H22N2O2/c1-10(2)17-13-9-11(5-6-12(13)14)15-7-4-8-16-3/h5-6,9-10,15H,4,7-8,14H2,1-3H3. The van der Waals surface area contributed by atoms with Crippen molar-refractivity contribution in [1.82, 2.24) is 0 Å². The number of anilines is 2. The number of rotatable bonds is 7. The van der Waals surface area contributed by atoms with Crippen LogP contribution in [0.15, 0.2) is 18.2 Å². The maximum atomic E-state index is 5.84. The molecule has 0 spiro atoms. The van der Waals surface area contributed by atoms with Crippen LogP contribution in [0.1, 0.15) is 20.3 Å². The number of nitrogen functional groups attached to an aromatic ring is 1. The van der Waals surface area contributed by atoms with Crippen LogP contribution in [0.3, 0.4) is 0 Å². The molecule has 0 radical (unpaired) electrons. The molecule has 17 heavy (non-hydrogen) atoms. The largest absolute Gasteiger partial charge is 0.489 e. The van der Waals surface area contributed by atoms with Crippen molar-refractivity contribution in [2.75, 3.05) is 31.3 Å². The predicted octanol–water partition coefficient (Wildman–Crippen LogP) is 2.50. The van der Waals surface area contributed by atoms with E-state index in [2.05, 4.69) is 5.32 Å². The van der Waals surface area contributed by atoms with E-state index in [4.69, 9.17) is 15.2 Å². The van der Waals surface area contributed by atoms with Crippen LogP contribution in [0, 0.1) is 0 Å². The summed E-state index contributed by atoms with van der Waals surface area (Å²) in [7, 11) is 1.71. The van der Waals surface area contributed by atoms with E-state index in [0.29, 0.717) is 5.69 Å². The van der Waals surface area contributed by atoms with Gasteiger partial charge in [0.25, 0.3) is 0 Å². The SMILES string of the molecule is COCCCNc1ccc(N)c(OC(C)C)c1. The molecule has 0 aliphatic carbocycles. The fourth-order valence-electron chi connectivity index (χ4n) is 1.45. The molecule has 0 aliphatic heterocycles. The summed E-state index contributed by atoms with van der Waals surface area (Å²) in [6.45, 7) is 5.60. The molecule has 0 aromatic heterocycles. The van der Waals surface area contributed by atoms with Crippen molar-refractivity contribution in [1.29, 1.82) is 0 Å². The molecule has 1 rings (SSSR count). The van der Waals surface area contributed by atoms with Gasteiger partial charge in [-0.05, 0) is 32.4 Å². The molecule has 0 unspecified atom stereocenters. The molecule has 4 heteroatoms. The first-order chi connectivity index (χ1) is 8.13. The Bertz CT molecular complexity index is 340. The summed E-state index contributed by atoms with van der Waals surface area (Å²) >= 11 is 0. The van der Waals surface area contributed by atoms with Gasteiger partial charge in [-0.2, -0.15) is 0 Å². The zero-order valence-corrected chi connectivity index (χ0v) is 10.8. The fourth-order valence-corrected chi connectivity index (χ4v) is 1.45. The molecule has 3 N–H and O–H groups in total. The average Bonchev–Trinajstić information content (AvgIpc) is 2.28. The molecule has 96 valence electrons. The highest BCUT2D eigenvalue weighted by molar-refractivity contribution is 5.61. The smallest absolute Gasteiger partial charge is 0.144 e. The number of nitrogens with one attached hydrogen (secondary N) is 1. The van der Waals surface area contributed by atoms with E-state index < -0.39 is 0 Å². The molecular formula is C13H22N2O2. The summed E-state index contributed by atoms with van der Waals surface area (Å²) in [6, 6.07) is 5.74. The van der Waals surface area contributed by atoms with Gasteiger partial charge in [-0.3, -0.25) is 0 Å². The number of benzene rings is 1. The lowest BCUT2D eigenvalue weighted by atomic mass is 10.2. The van der Waals surface area contributed by atoms with Crippen LogP contribution in [0.2, 0.25) is 0 Å². The molecule has 0 fully saturated rings. The van der Waals surface area contributed by atoms with Crippen molar-refractivity contribution in [2.45, 2.75) is 26.4 Å². The first kappa shape index (κ1) is 13.6. The first-order valence-corrected chi connectivity index (χ1v) is 5.92. The number of nitrogens with two attached hydrogens (primary N) is 1. The van der Waals surface area contributed by atoms with E-state index >= 15 is 0 Å². The minimum Gasteiger partial charge on any atom is -0.489 e. The second-order valence-electron chi connectivity index (χ2n) is 4.19. The highest BCUT2D eigenvalue weighted by Gasteiger charge is 2.04. The van der Waals surface area contributed by atoms with Crippen LogP contribution < -0.4 is 15.8 Å². The van der Waals surface area contributed by atoms with E-state index in [9.17, 15) is 0 Å². The second kappa shape index (κ2) is 7.01. The Morgan fingerprint density at radius 1 is 1.35 bits per heavy atom. The monoisotopic (exact) mass is 238 g/mol. The van der Waals surface area contributed by atoms with Crippen molar-refractivity contribution in [3.8, 4) is 5.75 Å². The molecule has 1 aromatic carbocycles. The van der Waals surface area contributed by atoms with Gasteiger partial charge in [0.05, 0.1) is 11.8 Å². The van der Waals surface area contributed by atoms with Crippen LogP contribution in [-0.2, 0) is 4.74 Å². The molecular weight excluding hydrogens is 216 g/mol. The number of hydrogen-bond acceptors (Lipinski definition) is 4. The lowest BCUT2D eigenvalue weighted by Crippen LogP contribution is -2.09. The normalized spacial score (nSPS) is 10.6. The summed E-state index contributed by atoms with van der Waals surface area (Å²) in [5.74, 6) is 0.733. The summed E-state index contributed by atoms with van der Waals surface area (Å²) in [4.78, 5) is 0. The van der Waals surface area contributed by atoms with E-state index in [0.717, 1.165) is 31.0 Å². The van der Waals surface area contributed by atoms with E-state index in [-0.39, 0.29) is 6.10 Å². The summed E-state index contributed by atoms with van der Waals surface area (Å²) in [5, 5.41) is 3.30. The van der Waals surface area contributed by atoms with Gasteiger partial charge in [-0.25, -0.2) is 0 Å². The van der Waals surface area contributed by atoms with Crippen LogP contribution in [0.4, 0.5) is 11.4 Å². The Balaban J connectivity index is 2.55. The maximum Gasteiger partial charge on any atom is 0.144 e. The minimum atomic E-state index is 0.126. The van der Waals surface area contributed by atoms with Gasteiger partial charge in [0.15, 0.2) is 0 Å². The summed E-state index contributed by atoms with van der Waals surface area (Å²) in [6.07, 6.45) is 1.10. The zero-order valence-electron chi connectivity index (χ0n) is 10.8. The van der Waals surface area contributed by atoms with Gasteiger partial charge in [0.2, 0.25) is 0 Å². The van der Waals surface area contributed by atoms with Gasteiger partial charge in [-0.1, -0.05) is 0 Å². The third-order valence-electron chi connectivity index (χ3n) is 2.23. The van der Waals surface area contributed by atoms with Gasteiger partial charge in [0.1, 0.15) is 5.75 Å². The average molecular weight is 238 g/mol. The van der Waals surface area contributed by atoms with Crippen molar-refractivity contribution >= 4 is 11.4 Å². The van der Waals surface area contributed by atoms with E-state index in [1.165, 1.54) is 0 Å². The minimum absolute atomic E-state index is 0.126. The van der Waals surface area contributed by atoms with E-state index in [1.54, 1.807) is 7.11 Å². The Morgan fingerprint density at radius 3 is 2.76 bits per heavy atom. The second-order valence-corrected chi connectivity index (χ2v) is 4.19. The molecule has 1 aromatic rings. The van der Waals surface area contributed by atoms with Crippen molar-refractivity contribution in [3.05, 3.63) is 18.2 Å². The topological polar surface area (TPSA) is 56.5 Å². The zero-order chi connectivity index (χ0) is 12.7. The Labute approximate surface area is 103 Å². The molecule has 4 nitrogen and oxygen atoms in total. The number of methoxy groups -OCH3 is 1.